The van der Waals surface area contributed by atoms with Gasteiger partial charge in [0.05, 0.1) is 0 Å². The zero-order valence-electron chi connectivity index (χ0n) is 10.8. The molecular formula is C17H17Br. The predicted molar refractivity (Wildman–Crippen MR) is 81.3 cm³/mol. The summed E-state index contributed by atoms with van der Waals surface area (Å²) in [5.41, 5.74) is 5.87. The quantitative estimate of drug-likeness (QED) is 0.684. The van der Waals surface area contributed by atoms with E-state index in [2.05, 4.69) is 78.3 Å². The highest BCUT2D eigenvalue weighted by Gasteiger charge is 2.42. The Balaban J connectivity index is 2.33. The average Bonchev–Trinajstić information content (AvgIpc) is 2.70. The molecule has 18 heavy (non-hydrogen) atoms. The molecule has 0 heterocycles. The molecule has 1 unspecified atom stereocenters. The first-order valence-electron chi connectivity index (χ1n) is 6.45. The minimum Gasteiger partial charge on any atom is -0.0925 e. The van der Waals surface area contributed by atoms with Gasteiger partial charge in [0.1, 0.15) is 0 Å². The van der Waals surface area contributed by atoms with E-state index in [1.807, 2.05) is 0 Å². The molecule has 0 bridgehead atoms. The Morgan fingerprint density at radius 2 is 1.39 bits per heavy atom. The Bertz CT molecular complexity index is 540. The largest absolute Gasteiger partial charge is 0.0925 e. The number of halogens is 1. The molecule has 0 saturated heterocycles. The van der Waals surface area contributed by atoms with Crippen molar-refractivity contribution >= 4 is 15.9 Å². The summed E-state index contributed by atoms with van der Waals surface area (Å²) in [5.74, 6) is 0.572. The highest BCUT2D eigenvalue weighted by Crippen LogP contribution is 2.52. The maximum atomic E-state index is 3.66. The van der Waals surface area contributed by atoms with Crippen molar-refractivity contribution in [3.8, 4) is 11.1 Å². The molecule has 0 amide bonds. The van der Waals surface area contributed by atoms with Crippen molar-refractivity contribution in [2.24, 2.45) is 5.92 Å². The Kier molecular flexibility index (Phi) is 2.82. The van der Waals surface area contributed by atoms with Crippen molar-refractivity contribution in [3.05, 3.63) is 59.7 Å². The van der Waals surface area contributed by atoms with Crippen LogP contribution in [0.4, 0.5) is 0 Å². The number of alkyl halides is 1. The second kappa shape index (κ2) is 4.24. The van der Waals surface area contributed by atoms with Gasteiger partial charge in [-0.25, -0.2) is 0 Å². The van der Waals surface area contributed by atoms with Crippen molar-refractivity contribution in [2.75, 3.05) is 5.33 Å². The number of rotatable bonds is 2. The average molecular weight is 301 g/mol. The summed E-state index contributed by atoms with van der Waals surface area (Å²) in [6, 6.07) is 17.7. The van der Waals surface area contributed by atoms with E-state index in [1.165, 1.54) is 22.3 Å². The van der Waals surface area contributed by atoms with Crippen molar-refractivity contribution < 1.29 is 0 Å². The van der Waals surface area contributed by atoms with Crippen LogP contribution in [0.5, 0.6) is 0 Å². The van der Waals surface area contributed by atoms with E-state index < -0.39 is 0 Å². The number of fused-ring (bicyclic) bond motifs is 3. The fourth-order valence-corrected chi connectivity index (χ4v) is 3.82. The van der Waals surface area contributed by atoms with Crippen LogP contribution in [0, 0.1) is 5.92 Å². The van der Waals surface area contributed by atoms with Crippen LogP contribution in [-0.2, 0) is 5.41 Å². The molecule has 0 aromatic heterocycles. The molecule has 1 aliphatic rings. The third-order valence-electron chi connectivity index (χ3n) is 4.48. The van der Waals surface area contributed by atoms with Gasteiger partial charge >= 0.3 is 0 Å². The predicted octanol–water partition coefficient (Wildman–Crippen LogP) is 5.00. The molecule has 2 aromatic rings. The van der Waals surface area contributed by atoms with Crippen LogP contribution in [0.25, 0.3) is 11.1 Å². The Morgan fingerprint density at radius 3 is 1.83 bits per heavy atom. The summed E-state index contributed by atoms with van der Waals surface area (Å²) in [5, 5.41) is 1.02. The molecule has 1 aliphatic carbocycles. The first-order chi connectivity index (χ1) is 8.69. The van der Waals surface area contributed by atoms with Gasteiger partial charge in [-0.2, -0.15) is 0 Å². The molecule has 0 nitrogen and oxygen atoms in total. The summed E-state index contributed by atoms with van der Waals surface area (Å²) in [6.07, 6.45) is 0. The molecule has 2 aromatic carbocycles. The van der Waals surface area contributed by atoms with Gasteiger partial charge in [-0.15, -0.1) is 0 Å². The highest BCUT2D eigenvalue weighted by atomic mass is 79.9. The molecule has 0 saturated carbocycles. The first-order valence-corrected chi connectivity index (χ1v) is 7.57. The van der Waals surface area contributed by atoms with Gasteiger partial charge in [-0.05, 0) is 28.2 Å². The molecule has 1 heteroatoms. The summed E-state index contributed by atoms with van der Waals surface area (Å²) in [7, 11) is 0. The normalized spacial score (nSPS) is 17.1. The highest BCUT2D eigenvalue weighted by molar-refractivity contribution is 9.09. The first kappa shape index (κ1) is 12.0. The molecule has 0 aliphatic heterocycles. The monoisotopic (exact) mass is 300 g/mol. The molecule has 92 valence electrons. The second-order valence-corrected chi connectivity index (χ2v) is 6.00. The fraction of sp³-hybridized carbons (Fsp3) is 0.294. The van der Waals surface area contributed by atoms with Crippen LogP contribution < -0.4 is 0 Å². The lowest BCUT2D eigenvalue weighted by atomic mass is 9.71. The lowest BCUT2D eigenvalue weighted by molar-refractivity contribution is 0.423. The van der Waals surface area contributed by atoms with Crippen LogP contribution in [-0.4, -0.2) is 5.33 Å². The van der Waals surface area contributed by atoms with E-state index in [9.17, 15) is 0 Å². The van der Waals surface area contributed by atoms with Gasteiger partial charge in [0.25, 0.3) is 0 Å². The molecule has 0 fully saturated rings. The standard InChI is InChI=1S/C17H17Br/c1-12(11-18)17(2)15-9-5-3-7-13(15)14-8-4-6-10-16(14)17/h3-10,12H,11H2,1-2H3. The second-order valence-electron chi connectivity index (χ2n) is 5.35. The number of hydrogen-bond acceptors (Lipinski definition) is 0. The summed E-state index contributed by atoms with van der Waals surface area (Å²) >= 11 is 3.66. The minimum absolute atomic E-state index is 0.122. The van der Waals surface area contributed by atoms with E-state index in [-0.39, 0.29) is 5.41 Å². The van der Waals surface area contributed by atoms with Crippen molar-refractivity contribution in [1.82, 2.24) is 0 Å². The van der Waals surface area contributed by atoms with Gasteiger partial charge in [-0.1, -0.05) is 78.3 Å². The molecular weight excluding hydrogens is 284 g/mol. The third-order valence-corrected chi connectivity index (χ3v) is 5.45. The van der Waals surface area contributed by atoms with Gasteiger partial charge in [0.2, 0.25) is 0 Å². The topological polar surface area (TPSA) is 0 Å². The van der Waals surface area contributed by atoms with Crippen LogP contribution in [0.15, 0.2) is 48.5 Å². The Hall–Kier alpha value is -1.08. The minimum atomic E-state index is 0.122. The SMILES string of the molecule is CC(CBr)C1(C)c2ccccc2-c2ccccc21. The van der Waals surface area contributed by atoms with Gasteiger partial charge in [0.15, 0.2) is 0 Å². The van der Waals surface area contributed by atoms with Crippen LogP contribution >= 0.6 is 15.9 Å². The van der Waals surface area contributed by atoms with Gasteiger partial charge in [0, 0.05) is 10.7 Å². The summed E-state index contributed by atoms with van der Waals surface area (Å²) in [4.78, 5) is 0. The summed E-state index contributed by atoms with van der Waals surface area (Å²) in [6.45, 7) is 4.71. The molecule has 3 rings (SSSR count). The van der Waals surface area contributed by atoms with Gasteiger partial charge in [-0.3, -0.25) is 0 Å². The van der Waals surface area contributed by atoms with E-state index in [4.69, 9.17) is 0 Å². The van der Waals surface area contributed by atoms with Gasteiger partial charge < -0.3 is 0 Å². The zero-order chi connectivity index (χ0) is 12.8. The smallest absolute Gasteiger partial charge is 0.0220 e. The van der Waals surface area contributed by atoms with Crippen LogP contribution in [0.2, 0.25) is 0 Å². The maximum Gasteiger partial charge on any atom is 0.0220 e. The molecule has 0 radical (unpaired) electrons. The van der Waals surface area contributed by atoms with Crippen molar-refractivity contribution in [2.45, 2.75) is 19.3 Å². The zero-order valence-corrected chi connectivity index (χ0v) is 12.4. The lowest BCUT2D eigenvalue weighted by Crippen LogP contribution is -2.30. The molecule has 1 atom stereocenters. The van der Waals surface area contributed by atoms with E-state index >= 15 is 0 Å². The van der Waals surface area contributed by atoms with E-state index in [0.717, 1.165) is 5.33 Å². The summed E-state index contributed by atoms with van der Waals surface area (Å²) < 4.78 is 0. The lowest BCUT2D eigenvalue weighted by Gasteiger charge is -2.33. The van der Waals surface area contributed by atoms with Crippen molar-refractivity contribution in [1.29, 1.82) is 0 Å². The van der Waals surface area contributed by atoms with Crippen LogP contribution in [0.3, 0.4) is 0 Å². The fourth-order valence-electron chi connectivity index (χ4n) is 3.17. The number of benzene rings is 2. The Morgan fingerprint density at radius 1 is 0.944 bits per heavy atom. The van der Waals surface area contributed by atoms with Crippen molar-refractivity contribution in [3.63, 3.8) is 0 Å². The van der Waals surface area contributed by atoms with E-state index in [1.54, 1.807) is 0 Å². The van der Waals surface area contributed by atoms with E-state index in [0.29, 0.717) is 5.92 Å². The molecule has 0 spiro atoms. The van der Waals surface area contributed by atoms with Crippen LogP contribution in [0.1, 0.15) is 25.0 Å². The Labute approximate surface area is 117 Å². The molecule has 0 N–H and O–H groups in total. The maximum absolute atomic E-state index is 3.66. The number of hydrogen-bond donors (Lipinski definition) is 0. The third kappa shape index (κ3) is 1.43.